The molecule has 5 heteroatoms. The number of rotatable bonds is 4. The maximum Gasteiger partial charge on any atom is 0.311 e. The summed E-state index contributed by atoms with van der Waals surface area (Å²) in [6.07, 6.45) is -0.852. The van der Waals surface area contributed by atoms with Crippen LogP contribution in [0.2, 0.25) is 0 Å². The van der Waals surface area contributed by atoms with Gasteiger partial charge in [-0.2, -0.15) is 0 Å². The molecule has 0 aliphatic rings. The second kappa shape index (κ2) is 4.65. The summed E-state index contributed by atoms with van der Waals surface area (Å²) in [7, 11) is 0. The molecule has 1 aromatic rings. The Morgan fingerprint density at radius 2 is 1.94 bits per heavy atom. The Kier molecular flexibility index (Phi) is 3.50. The van der Waals surface area contributed by atoms with Crippen LogP contribution in [0.5, 0.6) is 0 Å². The van der Waals surface area contributed by atoms with Gasteiger partial charge in [-0.3, -0.25) is 14.4 Å². The lowest BCUT2D eigenvalue weighted by atomic mass is 10.0. The van der Waals surface area contributed by atoms with E-state index in [4.69, 9.17) is 5.11 Å². The van der Waals surface area contributed by atoms with Crippen molar-refractivity contribution >= 4 is 17.5 Å². The number of halogens is 1. The van der Waals surface area contributed by atoms with Crippen molar-refractivity contribution in [3.8, 4) is 0 Å². The number of hydrogen-bond donors (Lipinski definition) is 1. The minimum Gasteiger partial charge on any atom is -0.481 e. The predicted octanol–water partition coefficient (Wildman–Crippen LogP) is 1.36. The molecule has 0 amide bonds. The van der Waals surface area contributed by atoms with E-state index in [-0.39, 0.29) is 11.1 Å². The Bertz CT molecular complexity index is 465. The highest BCUT2D eigenvalue weighted by atomic mass is 19.1. The standard InChI is InChI=1S/C11H9FO4/c1-6-4-7(2-3-8(6)12)11(16)9(13)5-10(14)15/h2-4H,5H2,1H3,(H,14,15). The van der Waals surface area contributed by atoms with Crippen LogP contribution in [0.25, 0.3) is 0 Å². The zero-order valence-electron chi connectivity index (χ0n) is 8.49. The SMILES string of the molecule is Cc1cc(C(=O)C(=O)CC(=O)O)ccc1F. The lowest BCUT2D eigenvalue weighted by Gasteiger charge is -2.01. The van der Waals surface area contributed by atoms with E-state index in [0.717, 1.165) is 12.1 Å². The van der Waals surface area contributed by atoms with E-state index in [1.165, 1.54) is 13.0 Å². The molecule has 0 unspecified atom stereocenters. The zero-order chi connectivity index (χ0) is 12.3. The van der Waals surface area contributed by atoms with Gasteiger partial charge in [0.1, 0.15) is 12.2 Å². The summed E-state index contributed by atoms with van der Waals surface area (Å²) in [4.78, 5) is 32.8. The Morgan fingerprint density at radius 1 is 1.31 bits per heavy atom. The smallest absolute Gasteiger partial charge is 0.311 e. The number of benzene rings is 1. The first-order valence-corrected chi connectivity index (χ1v) is 4.47. The molecule has 16 heavy (non-hydrogen) atoms. The molecule has 0 bridgehead atoms. The van der Waals surface area contributed by atoms with Crippen LogP contribution in [-0.4, -0.2) is 22.6 Å². The maximum atomic E-state index is 12.9. The monoisotopic (exact) mass is 224 g/mol. The van der Waals surface area contributed by atoms with E-state index in [1.807, 2.05) is 0 Å². The van der Waals surface area contributed by atoms with Crippen LogP contribution in [0.15, 0.2) is 18.2 Å². The molecule has 0 aliphatic heterocycles. The second-order valence-electron chi connectivity index (χ2n) is 3.29. The highest BCUT2D eigenvalue weighted by Crippen LogP contribution is 2.10. The number of hydrogen-bond acceptors (Lipinski definition) is 3. The molecule has 0 aliphatic carbocycles. The molecule has 1 rings (SSSR count). The molecule has 84 valence electrons. The molecule has 0 heterocycles. The fourth-order valence-electron chi connectivity index (χ4n) is 1.16. The van der Waals surface area contributed by atoms with Crippen molar-refractivity contribution in [2.45, 2.75) is 13.3 Å². The first kappa shape index (κ1) is 12.0. The molecule has 0 saturated carbocycles. The molecule has 1 aromatic carbocycles. The van der Waals surface area contributed by atoms with Gasteiger partial charge >= 0.3 is 5.97 Å². The van der Waals surface area contributed by atoms with E-state index >= 15 is 0 Å². The average molecular weight is 224 g/mol. The van der Waals surface area contributed by atoms with Gasteiger partial charge in [-0.05, 0) is 30.7 Å². The fraction of sp³-hybridized carbons (Fsp3) is 0.182. The van der Waals surface area contributed by atoms with Crippen molar-refractivity contribution in [1.82, 2.24) is 0 Å². The van der Waals surface area contributed by atoms with Crippen molar-refractivity contribution in [3.05, 3.63) is 35.1 Å². The summed E-state index contributed by atoms with van der Waals surface area (Å²) in [5.41, 5.74) is 0.235. The van der Waals surface area contributed by atoms with Crippen LogP contribution in [0.3, 0.4) is 0 Å². The van der Waals surface area contributed by atoms with E-state index in [2.05, 4.69) is 0 Å². The molecule has 0 spiro atoms. The van der Waals surface area contributed by atoms with Crippen LogP contribution < -0.4 is 0 Å². The third-order valence-corrected chi connectivity index (χ3v) is 1.99. The highest BCUT2D eigenvalue weighted by molar-refractivity contribution is 6.45. The third-order valence-electron chi connectivity index (χ3n) is 1.99. The van der Waals surface area contributed by atoms with Crippen LogP contribution in [0.1, 0.15) is 22.3 Å². The van der Waals surface area contributed by atoms with E-state index < -0.39 is 29.8 Å². The Balaban J connectivity index is 2.92. The number of aliphatic carboxylic acids is 1. The van der Waals surface area contributed by atoms with E-state index in [1.54, 1.807) is 0 Å². The van der Waals surface area contributed by atoms with Gasteiger partial charge in [0.05, 0.1) is 0 Å². The van der Waals surface area contributed by atoms with Crippen LogP contribution >= 0.6 is 0 Å². The minimum absolute atomic E-state index is 0.00477. The van der Waals surface area contributed by atoms with Gasteiger partial charge in [0.2, 0.25) is 11.6 Å². The van der Waals surface area contributed by atoms with Crippen molar-refractivity contribution in [2.24, 2.45) is 0 Å². The molecule has 4 nitrogen and oxygen atoms in total. The third kappa shape index (κ3) is 2.73. The first-order valence-electron chi connectivity index (χ1n) is 4.47. The summed E-state index contributed by atoms with van der Waals surface area (Å²) in [6.45, 7) is 1.45. The summed E-state index contributed by atoms with van der Waals surface area (Å²) in [6, 6.07) is 3.44. The van der Waals surface area contributed by atoms with Gasteiger partial charge in [0.15, 0.2) is 0 Å². The largest absolute Gasteiger partial charge is 0.481 e. The summed E-state index contributed by atoms with van der Waals surface area (Å²) in [5.74, 6) is -3.77. The first-order chi connectivity index (χ1) is 7.41. The molecular weight excluding hydrogens is 215 g/mol. The lowest BCUT2D eigenvalue weighted by molar-refractivity contribution is -0.139. The fourth-order valence-corrected chi connectivity index (χ4v) is 1.16. The molecule has 0 radical (unpaired) electrons. The lowest BCUT2D eigenvalue weighted by Crippen LogP contribution is -2.18. The number of carbonyl (C=O) groups is 3. The Hall–Kier alpha value is -2.04. The molecule has 1 N–H and O–H groups in total. The predicted molar refractivity (Wildman–Crippen MR) is 52.7 cm³/mol. The second-order valence-corrected chi connectivity index (χ2v) is 3.29. The van der Waals surface area contributed by atoms with Crippen molar-refractivity contribution < 1.29 is 23.9 Å². The topological polar surface area (TPSA) is 71.4 Å². The summed E-state index contributed by atoms with van der Waals surface area (Å²) in [5, 5.41) is 8.35. The number of ketones is 2. The maximum absolute atomic E-state index is 12.9. The van der Waals surface area contributed by atoms with E-state index in [9.17, 15) is 18.8 Å². The van der Waals surface area contributed by atoms with Crippen molar-refractivity contribution in [1.29, 1.82) is 0 Å². The normalized spacial score (nSPS) is 9.88. The van der Waals surface area contributed by atoms with Crippen LogP contribution in [-0.2, 0) is 9.59 Å². The number of aryl methyl sites for hydroxylation is 1. The molecule has 0 fully saturated rings. The van der Waals surface area contributed by atoms with Gasteiger partial charge < -0.3 is 5.11 Å². The van der Waals surface area contributed by atoms with Crippen LogP contribution in [0, 0.1) is 12.7 Å². The number of carbonyl (C=O) groups excluding carboxylic acids is 2. The quantitative estimate of drug-likeness (QED) is 0.476. The van der Waals surface area contributed by atoms with Crippen molar-refractivity contribution in [2.75, 3.05) is 0 Å². The molecule has 0 saturated heterocycles. The average Bonchev–Trinajstić information content (AvgIpc) is 2.20. The Morgan fingerprint density at radius 3 is 2.44 bits per heavy atom. The molecule has 0 atom stereocenters. The number of carboxylic acid groups (broad SMARTS) is 1. The van der Waals surface area contributed by atoms with Gasteiger partial charge in [-0.25, -0.2) is 4.39 Å². The summed E-state index contributed by atoms with van der Waals surface area (Å²) >= 11 is 0. The molecule has 0 aromatic heterocycles. The minimum atomic E-state index is -1.36. The van der Waals surface area contributed by atoms with Gasteiger partial charge in [-0.1, -0.05) is 0 Å². The highest BCUT2D eigenvalue weighted by Gasteiger charge is 2.19. The van der Waals surface area contributed by atoms with Crippen LogP contribution in [0.4, 0.5) is 4.39 Å². The van der Waals surface area contributed by atoms with E-state index in [0.29, 0.717) is 0 Å². The van der Waals surface area contributed by atoms with Crippen molar-refractivity contribution in [3.63, 3.8) is 0 Å². The van der Waals surface area contributed by atoms with Gasteiger partial charge in [0.25, 0.3) is 0 Å². The van der Waals surface area contributed by atoms with Gasteiger partial charge in [-0.15, -0.1) is 0 Å². The summed E-state index contributed by atoms with van der Waals surface area (Å²) < 4.78 is 12.9. The zero-order valence-corrected chi connectivity index (χ0v) is 8.49. The number of carboxylic acids is 1. The number of Topliss-reactive ketones (excluding diaryl/α,β-unsaturated/α-hetero) is 2. The Labute approximate surface area is 90.7 Å². The molecular formula is C11H9FO4. The van der Waals surface area contributed by atoms with Gasteiger partial charge in [0, 0.05) is 5.56 Å².